The molecule has 2 N–H and O–H groups in total. The van der Waals surface area contributed by atoms with E-state index in [4.69, 9.17) is 9.85 Å². The number of anilines is 1. The first-order chi connectivity index (χ1) is 6.49. The fraction of sp³-hybridized carbons (Fsp3) is 0.143. The highest BCUT2D eigenvalue weighted by Gasteiger charge is 2.05. The van der Waals surface area contributed by atoms with Crippen LogP contribution in [-0.2, 0) is 4.74 Å². The van der Waals surface area contributed by atoms with Gasteiger partial charge in [0.25, 0.3) is 0 Å². The van der Waals surface area contributed by atoms with Crippen LogP contribution in [0.5, 0.6) is 0 Å². The molecule has 11 heavy (non-hydrogen) atoms. The van der Waals surface area contributed by atoms with Crippen LogP contribution in [-0.4, -0.2) is 18.1 Å². The highest BCUT2D eigenvalue weighted by Crippen LogP contribution is 2.03. The summed E-state index contributed by atoms with van der Waals surface area (Å²) in [6.07, 6.45) is -0.445. The van der Waals surface area contributed by atoms with E-state index in [9.17, 15) is 4.79 Å². The first kappa shape index (κ1) is 4.33. The molecular formula is C7H8N2O2. The van der Waals surface area contributed by atoms with E-state index in [-0.39, 0.29) is 23.5 Å². The van der Waals surface area contributed by atoms with Crippen molar-refractivity contribution >= 4 is 11.7 Å². The average molecular weight is 155 g/mol. The Balaban J connectivity index is 3.40. The van der Waals surface area contributed by atoms with Gasteiger partial charge in [-0.15, -0.1) is 0 Å². The third kappa shape index (κ3) is 1.67. The first-order valence-electron chi connectivity index (χ1n) is 4.30. The van der Waals surface area contributed by atoms with Gasteiger partial charge in [0.15, 0.2) is 0 Å². The van der Waals surface area contributed by atoms with E-state index in [1.54, 1.807) is 0 Å². The zero-order valence-corrected chi connectivity index (χ0v) is 5.84. The number of carbonyl (C=O) groups is 1. The minimum atomic E-state index is -0.838. The van der Waals surface area contributed by atoms with Gasteiger partial charge in [-0.2, -0.15) is 0 Å². The van der Waals surface area contributed by atoms with Gasteiger partial charge in [-0.25, -0.2) is 9.78 Å². The molecule has 1 aromatic heterocycles. The van der Waals surface area contributed by atoms with Gasteiger partial charge in [-0.3, -0.25) is 0 Å². The molecule has 4 nitrogen and oxygen atoms in total. The van der Waals surface area contributed by atoms with Crippen LogP contribution in [0.3, 0.4) is 0 Å². The largest absolute Gasteiger partial charge is 0.464 e. The molecule has 0 radical (unpaired) electrons. The van der Waals surface area contributed by atoms with E-state index in [0.29, 0.717) is 0 Å². The van der Waals surface area contributed by atoms with Crippen LogP contribution in [0.2, 0.25) is 0 Å². The summed E-state index contributed by atoms with van der Waals surface area (Å²) in [5, 5.41) is 0. The number of methoxy groups -OCH3 is 1. The molecule has 1 heterocycles. The Labute approximate surface area is 68.2 Å². The zero-order chi connectivity index (χ0) is 10.9. The molecule has 4 heteroatoms. The number of hydrogen-bond acceptors (Lipinski definition) is 4. The van der Waals surface area contributed by atoms with Crippen molar-refractivity contribution in [2.75, 3.05) is 12.8 Å². The molecule has 0 bridgehead atoms. The fourth-order valence-electron chi connectivity index (χ4n) is 0.524. The van der Waals surface area contributed by atoms with Crippen LogP contribution in [0.25, 0.3) is 0 Å². The number of rotatable bonds is 1. The number of pyridine rings is 1. The molecule has 0 aliphatic carbocycles. The number of nitrogens with zero attached hydrogens (tertiary/aromatic N) is 1. The number of carbonyl (C=O) groups excluding carboxylic acids is 1. The molecule has 1 aromatic rings. The highest BCUT2D eigenvalue weighted by molar-refractivity contribution is 5.87. The molecule has 0 saturated carbocycles. The van der Waals surface area contributed by atoms with Gasteiger partial charge < -0.3 is 10.5 Å². The Morgan fingerprint density at radius 2 is 2.64 bits per heavy atom. The van der Waals surface area contributed by atoms with Crippen molar-refractivity contribution in [1.29, 1.82) is 0 Å². The second-order valence-electron chi connectivity index (χ2n) is 1.73. The molecule has 0 unspecified atom stereocenters. The molecule has 0 fully saturated rings. The Kier molecular flexibility index (Phi) is 1.18. The second-order valence-corrected chi connectivity index (χ2v) is 1.73. The van der Waals surface area contributed by atoms with Crippen molar-refractivity contribution in [2.24, 2.45) is 0 Å². The van der Waals surface area contributed by atoms with Gasteiger partial charge in [0.2, 0.25) is 0 Å². The Hall–Kier alpha value is -1.58. The quantitative estimate of drug-likeness (QED) is 0.598. The lowest BCUT2D eigenvalue weighted by Crippen LogP contribution is -2.04. The smallest absolute Gasteiger partial charge is 0.356 e. The van der Waals surface area contributed by atoms with Crippen molar-refractivity contribution in [3.05, 3.63) is 24.0 Å². The number of nitrogens with two attached hydrogens (primary N) is 1. The van der Waals surface area contributed by atoms with Gasteiger partial charge in [0.05, 0.1) is 11.2 Å². The molecule has 0 aromatic carbocycles. The standard InChI is InChI=1S/C7H8N2O2/c1-11-7(10)6-4-5(8)2-3-9-6/h2-4H,1H3,(H2,8,9)/i2D,3D,4D. The minimum absolute atomic E-state index is 0.245. The van der Waals surface area contributed by atoms with Gasteiger partial charge in [0, 0.05) is 11.9 Å². The SMILES string of the molecule is [2H]c1nc(C(=O)OC)c([2H])c(N)c1[2H]. The molecule has 0 saturated heterocycles. The highest BCUT2D eigenvalue weighted by atomic mass is 16.5. The van der Waals surface area contributed by atoms with E-state index in [1.165, 1.54) is 0 Å². The van der Waals surface area contributed by atoms with E-state index in [0.717, 1.165) is 7.11 Å². The normalized spacial score (nSPS) is 13.0. The lowest BCUT2D eigenvalue weighted by atomic mass is 10.3. The maximum atomic E-state index is 11.0. The van der Waals surface area contributed by atoms with Gasteiger partial charge >= 0.3 is 5.97 Å². The van der Waals surface area contributed by atoms with Crippen molar-refractivity contribution in [2.45, 2.75) is 0 Å². The maximum absolute atomic E-state index is 11.0. The number of esters is 1. The summed E-state index contributed by atoms with van der Waals surface area (Å²) >= 11 is 0. The van der Waals surface area contributed by atoms with Crippen molar-refractivity contribution in [3.63, 3.8) is 0 Å². The van der Waals surface area contributed by atoms with Crippen molar-refractivity contribution < 1.29 is 13.6 Å². The molecular weight excluding hydrogens is 144 g/mol. The van der Waals surface area contributed by atoms with Crippen LogP contribution in [0.15, 0.2) is 18.3 Å². The average Bonchev–Trinajstić information content (AvgIpc) is 2.19. The van der Waals surface area contributed by atoms with Gasteiger partial charge in [-0.05, 0) is 12.1 Å². The van der Waals surface area contributed by atoms with E-state index in [2.05, 4.69) is 9.72 Å². The molecule has 1 rings (SSSR count). The zero-order valence-electron chi connectivity index (χ0n) is 8.84. The number of hydrogen-bond donors (Lipinski definition) is 1. The number of ether oxygens (including phenoxy) is 1. The lowest BCUT2D eigenvalue weighted by Gasteiger charge is -1.97. The van der Waals surface area contributed by atoms with Crippen LogP contribution < -0.4 is 5.73 Å². The number of nitrogen functional groups attached to an aromatic ring is 1. The third-order valence-corrected chi connectivity index (χ3v) is 0.990. The van der Waals surface area contributed by atoms with Crippen molar-refractivity contribution in [3.8, 4) is 0 Å². The fourth-order valence-corrected chi connectivity index (χ4v) is 0.524. The predicted molar refractivity (Wildman–Crippen MR) is 40.0 cm³/mol. The first-order valence-corrected chi connectivity index (χ1v) is 2.80. The van der Waals surface area contributed by atoms with Crippen molar-refractivity contribution in [1.82, 2.24) is 4.98 Å². The summed E-state index contributed by atoms with van der Waals surface area (Å²) in [5.41, 5.74) is 4.75. The van der Waals surface area contributed by atoms with E-state index < -0.39 is 12.1 Å². The van der Waals surface area contributed by atoms with Crippen LogP contribution in [0.1, 0.15) is 14.6 Å². The second kappa shape index (κ2) is 3.01. The van der Waals surface area contributed by atoms with Crippen LogP contribution in [0.4, 0.5) is 5.69 Å². The Morgan fingerprint density at radius 3 is 3.27 bits per heavy atom. The molecule has 58 valence electrons. The Bertz CT molecular complexity index is 395. The Morgan fingerprint density at radius 1 is 1.91 bits per heavy atom. The molecule has 0 aliphatic heterocycles. The van der Waals surface area contributed by atoms with Crippen LogP contribution in [0, 0.1) is 0 Å². The molecule has 0 aliphatic rings. The van der Waals surface area contributed by atoms with E-state index >= 15 is 0 Å². The summed E-state index contributed by atoms with van der Waals surface area (Å²) in [6, 6.07) is -0.736. The predicted octanol–water partition coefficient (Wildman–Crippen LogP) is 0.450. The lowest BCUT2D eigenvalue weighted by molar-refractivity contribution is 0.0594. The summed E-state index contributed by atoms with van der Waals surface area (Å²) in [6.45, 7) is 0. The maximum Gasteiger partial charge on any atom is 0.356 e. The van der Waals surface area contributed by atoms with Crippen LogP contribution >= 0.6 is 0 Å². The summed E-state index contributed by atoms with van der Waals surface area (Å²) in [5.74, 6) is -0.838. The summed E-state index contributed by atoms with van der Waals surface area (Å²) in [7, 11) is 1.14. The molecule has 0 atom stereocenters. The monoisotopic (exact) mass is 155 g/mol. The molecule has 0 amide bonds. The number of aromatic nitrogens is 1. The third-order valence-electron chi connectivity index (χ3n) is 0.990. The summed E-state index contributed by atoms with van der Waals surface area (Å²) in [4.78, 5) is 14.5. The van der Waals surface area contributed by atoms with Gasteiger partial charge in [-0.1, -0.05) is 0 Å². The minimum Gasteiger partial charge on any atom is -0.464 e. The van der Waals surface area contributed by atoms with Gasteiger partial charge in [0.1, 0.15) is 5.69 Å². The summed E-state index contributed by atoms with van der Waals surface area (Å²) < 4.78 is 26.1. The topological polar surface area (TPSA) is 65.2 Å². The molecule has 0 spiro atoms. The van der Waals surface area contributed by atoms with E-state index in [1.807, 2.05) is 0 Å².